The molecule has 1 aliphatic carbocycles. The van der Waals surface area contributed by atoms with Gasteiger partial charge in [-0.05, 0) is 64.0 Å². The summed E-state index contributed by atoms with van der Waals surface area (Å²) >= 11 is 0. The Hall–Kier alpha value is -0.340. The zero-order valence-corrected chi connectivity index (χ0v) is 10.3. The van der Waals surface area contributed by atoms with Gasteiger partial charge in [0, 0.05) is 6.61 Å². The van der Waals surface area contributed by atoms with Crippen LogP contribution in [0.25, 0.3) is 0 Å². The van der Waals surface area contributed by atoms with Crippen molar-refractivity contribution in [1.29, 1.82) is 0 Å². The van der Waals surface area contributed by atoms with Crippen LogP contribution in [0.1, 0.15) is 44.9 Å². The molecule has 2 rings (SSSR count). The molecule has 0 aromatic rings. The number of rotatable bonds is 6. The second-order valence-corrected chi connectivity index (χ2v) is 5.13. The molecule has 2 nitrogen and oxygen atoms in total. The molecule has 2 heteroatoms. The van der Waals surface area contributed by atoms with Crippen LogP contribution in [0.3, 0.4) is 0 Å². The molecule has 0 aromatic heterocycles. The second-order valence-electron chi connectivity index (χ2n) is 5.13. The van der Waals surface area contributed by atoms with Crippen LogP contribution in [0.4, 0.5) is 0 Å². The van der Waals surface area contributed by atoms with Gasteiger partial charge in [-0.1, -0.05) is 12.2 Å². The Balaban J connectivity index is 1.44. The van der Waals surface area contributed by atoms with Crippen LogP contribution in [-0.4, -0.2) is 25.8 Å². The molecule has 1 heterocycles. The summed E-state index contributed by atoms with van der Waals surface area (Å²) in [5.74, 6) is 0.882. The summed E-state index contributed by atoms with van der Waals surface area (Å²) in [5, 5.41) is 3.59. The zero-order valence-electron chi connectivity index (χ0n) is 10.3. The van der Waals surface area contributed by atoms with E-state index in [2.05, 4.69) is 17.5 Å². The van der Waals surface area contributed by atoms with Gasteiger partial charge in [-0.25, -0.2) is 0 Å². The molecule has 0 amide bonds. The largest absolute Gasteiger partial charge is 0.378 e. The van der Waals surface area contributed by atoms with Gasteiger partial charge in [0.25, 0.3) is 0 Å². The number of ether oxygens (including phenoxy) is 1. The fourth-order valence-corrected chi connectivity index (χ4v) is 2.67. The maximum atomic E-state index is 5.61. The minimum atomic E-state index is 0.569. The Kier molecular flexibility index (Phi) is 5.36. The molecule has 2 unspecified atom stereocenters. The van der Waals surface area contributed by atoms with Gasteiger partial charge in [0.1, 0.15) is 0 Å². The number of hydrogen-bond acceptors (Lipinski definition) is 2. The highest BCUT2D eigenvalue weighted by Crippen LogP contribution is 2.18. The highest BCUT2D eigenvalue weighted by molar-refractivity contribution is 4.90. The van der Waals surface area contributed by atoms with E-state index < -0.39 is 0 Å². The third kappa shape index (κ3) is 4.26. The van der Waals surface area contributed by atoms with E-state index in [-0.39, 0.29) is 0 Å². The molecule has 1 N–H and O–H groups in total. The molecule has 0 bridgehead atoms. The highest BCUT2D eigenvalue weighted by atomic mass is 16.5. The molecule has 0 aromatic carbocycles. The summed E-state index contributed by atoms with van der Waals surface area (Å²) in [6.45, 7) is 3.36. The Morgan fingerprint density at radius 1 is 1.25 bits per heavy atom. The third-order valence-corrected chi connectivity index (χ3v) is 3.71. The zero-order chi connectivity index (χ0) is 11.1. The van der Waals surface area contributed by atoms with Gasteiger partial charge in [-0.15, -0.1) is 0 Å². The van der Waals surface area contributed by atoms with E-state index in [0.29, 0.717) is 6.10 Å². The monoisotopic (exact) mass is 223 g/mol. The van der Waals surface area contributed by atoms with E-state index in [1.807, 2.05) is 0 Å². The first kappa shape index (κ1) is 12.1. The van der Waals surface area contributed by atoms with Crippen molar-refractivity contribution < 1.29 is 4.74 Å². The van der Waals surface area contributed by atoms with Gasteiger partial charge in [0.2, 0.25) is 0 Å². The first-order valence-corrected chi connectivity index (χ1v) is 6.92. The fourth-order valence-electron chi connectivity index (χ4n) is 2.67. The van der Waals surface area contributed by atoms with Crippen molar-refractivity contribution in [3.05, 3.63) is 12.2 Å². The van der Waals surface area contributed by atoms with Crippen LogP contribution in [-0.2, 0) is 4.74 Å². The molecule has 0 spiro atoms. The lowest BCUT2D eigenvalue weighted by Gasteiger charge is -2.18. The van der Waals surface area contributed by atoms with Crippen LogP contribution in [0.5, 0.6) is 0 Å². The minimum Gasteiger partial charge on any atom is -0.378 e. The maximum absolute atomic E-state index is 5.61. The lowest BCUT2D eigenvalue weighted by molar-refractivity contribution is 0.102. The van der Waals surface area contributed by atoms with Crippen molar-refractivity contribution in [3.8, 4) is 0 Å². The van der Waals surface area contributed by atoms with Crippen molar-refractivity contribution in [3.63, 3.8) is 0 Å². The molecular weight excluding hydrogens is 198 g/mol. The van der Waals surface area contributed by atoms with Crippen molar-refractivity contribution in [1.82, 2.24) is 5.32 Å². The molecule has 1 fully saturated rings. The summed E-state index contributed by atoms with van der Waals surface area (Å²) in [7, 11) is 0. The van der Waals surface area contributed by atoms with Crippen LogP contribution in [0, 0.1) is 5.92 Å². The Morgan fingerprint density at radius 2 is 2.25 bits per heavy atom. The average Bonchev–Trinajstić information content (AvgIpc) is 2.83. The van der Waals surface area contributed by atoms with Gasteiger partial charge >= 0.3 is 0 Å². The first-order valence-electron chi connectivity index (χ1n) is 6.92. The summed E-state index contributed by atoms with van der Waals surface area (Å²) in [5.41, 5.74) is 0. The predicted octanol–water partition coefficient (Wildman–Crippen LogP) is 2.89. The van der Waals surface area contributed by atoms with E-state index in [1.54, 1.807) is 0 Å². The normalized spacial score (nSPS) is 29.8. The predicted molar refractivity (Wildman–Crippen MR) is 67.6 cm³/mol. The lowest BCUT2D eigenvalue weighted by Crippen LogP contribution is -2.25. The van der Waals surface area contributed by atoms with Gasteiger partial charge < -0.3 is 10.1 Å². The molecular formula is C14H25NO. The van der Waals surface area contributed by atoms with Crippen LogP contribution in [0.2, 0.25) is 0 Å². The molecule has 16 heavy (non-hydrogen) atoms. The van der Waals surface area contributed by atoms with E-state index in [1.165, 1.54) is 58.0 Å². The van der Waals surface area contributed by atoms with Crippen LogP contribution >= 0.6 is 0 Å². The Labute approximate surface area is 99.4 Å². The van der Waals surface area contributed by atoms with Crippen molar-refractivity contribution >= 4 is 0 Å². The lowest BCUT2D eigenvalue weighted by atomic mass is 9.94. The van der Waals surface area contributed by atoms with Crippen molar-refractivity contribution in [2.24, 2.45) is 5.92 Å². The Bertz CT molecular complexity index is 209. The second kappa shape index (κ2) is 7.08. The summed E-state index contributed by atoms with van der Waals surface area (Å²) in [6, 6.07) is 0. The van der Waals surface area contributed by atoms with E-state index in [4.69, 9.17) is 4.74 Å². The highest BCUT2D eigenvalue weighted by Gasteiger charge is 2.14. The van der Waals surface area contributed by atoms with Gasteiger partial charge in [0.05, 0.1) is 6.10 Å². The van der Waals surface area contributed by atoms with Gasteiger partial charge in [0.15, 0.2) is 0 Å². The quantitative estimate of drug-likeness (QED) is 0.552. The molecule has 2 atom stereocenters. The fraction of sp³-hybridized carbons (Fsp3) is 0.857. The van der Waals surface area contributed by atoms with E-state index in [0.717, 1.165) is 12.5 Å². The molecule has 1 aliphatic heterocycles. The SMILES string of the molecule is C1=CCC(CNCCCC2CCCO2)CC1. The topological polar surface area (TPSA) is 21.3 Å². The minimum absolute atomic E-state index is 0.569. The van der Waals surface area contributed by atoms with E-state index >= 15 is 0 Å². The van der Waals surface area contributed by atoms with Crippen LogP contribution < -0.4 is 5.32 Å². The average molecular weight is 223 g/mol. The third-order valence-electron chi connectivity index (χ3n) is 3.71. The number of nitrogens with one attached hydrogen (secondary N) is 1. The summed E-state index contributed by atoms with van der Waals surface area (Å²) < 4.78 is 5.61. The van der Waals surface area contributed by atoms with Crippen molar-refractivity contribution in [2.45, 2.75) is 51.0 Å². The summed E-state index contributed by atoms with van der Waals surface area (Å²) in [4.78, 5) is 0. The molecule has 0 saturated carbocycles. The van der Waals surface area contributed by atoms with Crippen molar-refractivity contribution in [2.75, 3.05) is 19.7 Å². The molecule has 0 radical (unpaired) electrons. The molecule has 92 valence electrons. The number of allylic oxidation sites excluding steroid dienone is 2. The van der Waals surface area contributed by atoms with Gasteiger partial charge in [-0.2, -0.15) is 0 Å². The first-order chi connectivity index (χ1) is 7.95. The maximum Gasteiger partial charge on any atom is 0.0576 e. The molecule has 2 aliphatic rings. The standard InChI is InChI=1S/C14H25NO/c1-2-6-13(7-3-1)12-15-10-4-8-14-9-5-11-16-14/h1-2,13-15H,3-12H2. The summed E-state index contributed by atoms with van der Waals surface area (Å²) in [6.07, 6.45) is 14.2. The Morgan fingerprint density at radius 3 is 3.00 bits per heavy atom. The molecule has 1 saturated heterocycles. The van der Waals surface area contributed by atoms with E-state index in [9.17, 15) is 0 Å². The van der Waals surface area contributed by atoms with Crippen LogP contribution in [0.15, 0.2) is 12.2 Å². The smallest absolute Gasteiger partial charge is 0.0576 e. The number of hydrogen-bond donors (Lipinski definition) is 1. The van der Waals surface area contributed by atoms with Gasteiger partial charge in [-0.3, -0.25) is 0 Å².